The van der Waals surface area contributed by atoms with Crippen molar-refractivity contribution in [2.24, 2.45) is 5.73 Å². The Labute approximate surface area is 118 Å². The first-order valence-electron chi connectivity index (χ1n) is 5.28. The summed E-state index contributed by atoms with van der Waals surface area (Å²) in [6.45, 7) is 2.02. The van der Waals surface area contributed by atoms with Gasteiger partial charge in [-0.3, -0.25) is 4.79 Å². The maximum absolute atomic E-state index is 11.3. The second-order valence-corrected chi connectivity index (χ2v) is 4.37. The summed E-state index contributed by atoms with van der Waals surface area (Å²) in [5.41, 5.74) is 8.27. The maximum Gasteiger partial charge on any atom is 0.312 e. The normalized spacial score (nSPS) is 10.1. The minimum atomic E-state index is -0.570. The Kier molecular flexibility index (Phi) is 3.75. The lowest BCUT2D eigenvalue weighted by molar-refractivity contribution is -0.360. The van der Waals surface area contributed by atoms with Crippen LogP contribution in [0.4, 0.5) is 5.82 Å². The minimum Gasteiger partial charge on any atom is -0.364 e. The number of aryl methyl sites for hydroxylation is 1. The van der Waals surface area contributed by atoms with E-state index in [2.05, 4.69) is 13.5 Å². The van der Waals surface area contributed by atoms with Crippen LogP contribution in [-0.2, 0) is 0 Å². The van der Waals surface area contributed by atoms with Crippen molar-refractivity contribution in [3.05, 3.63) is 41.7 Å². The van der Waals surface area contributed by atoms with Crippen molar-refractivity contribution in [3.63, 3.8) is 0 Å². The number of H-pyrrole nitrogens is 1. The van der Waals surface area contributed by atoms with Crippen molar-refractivity contribution in [3.8, 4) is 11.3 Å². The number of nitrogens with one attached hydrogen (secondary N) is 2. The van der Waals surface area contributed by atoms with Gasteiger partial charge in [0.25, 0.3) is 5.91 Å². The third kappa shape index (κ3) is 2.58. The summed E-state index contributed by atoms with van der Waals surface area (Å²) in [7, 11) is 0. The molecule has 0 unspecified atom stereocenters. The summed E-state index contributed by atoms with van der Waals surface area (Å²) in [5, 5.41) is 0. The summed E-state index contributed by atoms with van der Waals surface area (Å²) in [4.78, 5) is 18.6. The van der Waals surface area contributed by atoms with E-state index in [1.165, 1.54) is 5.56 Å². The highest BCUT2D eigenvalue weighted by molar-refractivity contribution is 14.1. The van der Waals surface area contributed by atoms with E-state index in [0.717, 1.165) is 5.56 Å². The molecule has 1 heterocycles. The number of primary amides is 1. The zero-order valence-electron chi connectivity index (χ0n) is 9.70. The van der Waals surface area contributed by atoms with Gasteiger partial charge in [0.2, 0.25) is 28.6 Å². The number of nitrogens with zero attached hydrogens (tertiary/aromatic N) is 1. The average molecular weight is 355 g/mol. The predicted molar refractivity (Wildman–Crippen MR) is 77.1 cm³/mol. The van der Waals surface area contributed by atoms with Crippen molar-refractivity contribution in [2.45, 2.75) is 6.92 Å². The molecule has 92 valence electrons. The Bertz CT molecular complexity index is 583. The summed E-state index contributed by atoms with van der Waals surface area (Å²) >= 11 is 1.91. The Morgan fingerprint density at radius 3 is 2.61 bits per heavy atom. The highest BCUT2D eigenvalue weighted by Gasteiger charge is 2.17. The van der Waals surface area contributed by atoms with Crippen molar-refractivity contribution in [1.82, 2.24) is 4.98 Å². The largest absolute Gasteiger partial charge is 0.364 e. The highest BCUT2D eigenvalue weighted by atomic mass is 127. The monoisotopic (exact) mass is 355 g/mol. The summed E-state index contributed by atoms with van der Waals surface area (Å²) < 4.78 is 2.82. The quantitative estimate of drug-likeness (QED) is 0.650. The van der Waals surface area contributed by atoms with Crippen LogP contribution in [0.2, 0.25) is 0 Å². The van der Waals surface area contributed by atoms with Crippen molar-refractivity contribution in [2.75, 3.05) is 3.53 Å². The number of amides is 1. The summed E-state index contributed by atoms with van der Waals surface area (Å²) in [5.74, 6) is -0.0710. The molecule has 0 radical (unpaired) electrons. The van der Waals surface area contributed by atoms with Crippen LogP contribution in [0.3, 0.4) is 0 Å². The van der Waals surface area contributed by atoms with E-state index in [0.29, 0.717) is 11.5 Å². The fourth-order valence-corrected chi connectivity index (χ4v) is 1.95. The molecular weight excluding hydrogens is 343 g/mol. The molecule has 0 saturated heterocycles. The number of aromatic amines is 1. The molecule has 0 saturated carbocycles. The molecule has 0 aliphatic rings. The van der Waals surface area contributed by atoms with Crippen LogP contribution in [0.15, 0.2) is 30.5 Å². The van der Waals surface area contributed by atoms with E-state index in [1.807, 2.05) is 54.1 Å². The molecule has 4 N–H and O–H groups in total. The van der Waals surface area contributed by atoms with Crippen LogP contribution in [-0.4, -0.2) is 10.9 Å². The van der Waals surface area contributed by atoms with E-state index in [1.54, 1.807) is 6.20 Å². The van der Waals surface area contributed by atoms with Gasteiger partial charge in [0.1, 0.15) is 11.9 Å². The number of hydrogen-bond acceptors (Lipinski definition) is 3. The third-order valence-electron chi connectivity index (χ3n) is 2.50. The number of rotatable bonds is 3. The number of anilines is 1. The first kappa shape index (κ1) is 12.7. The van der Waals surface area contributed by atoms with Gasteiger partial charge in [0.05, 0.1) is 0 Å². The molecule has 6 heteroatoms. The lowest BCUT2D eigenvalue weighted by atomic mass is 10.1. The van der Waals surface area contributed by atoms with Gasteiger partial charge in [0.15, 0.2) is 0 Å². The first-order chi connectivity index (χ1) is 8.61. The van der Waals surface area contributed by atoms with Gasteiger partial charge in [-0.2, -0.15) is 0 Å². The smallest absolute Gasteiger partial charge is 0.312 e. The zero-order chi connectivity index (χ0) is 13.1. The van der Waals surface area contributed by atoms with Crippen LogP contribution in [0.25, 0.3) is 11.3 Å². The van der Waals surface area contributed by atoms with E-state index in [9.17, 15) is 4.79 Å². The fraction of sp³-hybridized carbons (Fsp3) is 0.0833. The lowest BCUT2D eigenvalue weighted by Crippen LogP contribution is -2.21. The molecule has 0 aliphatic carbocycles. The standard InChI is InChI=1S/C12H11IN4O/c1-7-2-4-8(5-3-7)9-6-15-12(17-13)10(16-9)11(14)18/h2-6H,1H3,(H2,14,18)(H,15,17)/p+1. The number of carbonyl (C=O) groups is 1. The van der Waals surface area contributed by atoms with Gasteiger partial charge < -0.3 is 5.73 Å². The zero-order valence-corrected chi connectivity index (χ0v) is 11.9. The number of halogens is 1. The number of hydrogen-bond donors (Lipinski definition) is 2. The molecule has 18 heavy (non-hydrogen) atoms. The summed E-state index contributed by atoms with van der Waals surface area (Å²) in [6.07, 6.45) is 1.73. The van der Waals surface area contributed by atoms with E-state index >= 15 is 0 Å². The molecule has 2 aromatic rings. The van der Waals surface area contributed by atoms with Gasteiger partial charge in [-0.25, -0.2) is 13.5 Å². The second-order valence-electron chi connectivity index (χ2n) is 3.83. The molecule has 2 rings (SSSR count). The minimum absolute atomic E-state index is 0.197. The molecule has 0 bridgehead atoms. The van der Waals surface area contributed by atoms with E-state index < -0.39 is 5.91 Å². The van der Waals surface area contributed by atoms with Gasteiger partial charge in [-0.05, 0) is 6.92 Å². The number of nitrogens with two attached hydrogens (primary N) is 1. The molecule has 0 aliphatic heterocycles. The second kappa shape index (κ2) is 5.30. The van der Waals surface area contributed by atoms with Gasteiger partial charge in [-0.1, -0.05) is 29.8 Å². The number of aromatic nitrogens is 2. The van der Waals surface area contributed by atoms with Crippen LogP contribution >= 0.6 is 22.9 Å². The van der Waals surface area contributed by atoms with Crippen LogP contribution in [0.1, 0.15) is 16.1 Å². The third-order valence-corrected chi connectivity index (χ3v) is 3.04. The molecular formula is C12H12IN4O+. The van der Waals surface area contributed by atoms with Crippen LogP contribution in [0, 0.1) is 6.92 Å². The molecule has 0 atom stereocenters. The topological polar surface area (TPSA) is 82.1 Å². The highest BCUT2D eigenvalue weighted by Crippen LogP contribution is 2.18. The number of carbonyl (C=O) groups excluding carboxylic acids is 1. The van der Waals surface area contributed by atoms with Crippen LogP contribution in [0.5, 0.6) is 0 Å². The van der Waals surface area contributed by atoms with Crippen molar-refractivity contribution in [1.29, 1.82) is 0 Å². The first-order valence-corrected chi connectivity index (χ1v) is 6.36. The Balaban J connectivity index is 2.49. The predicted octanol–water partition coefficient (Wildman–Crippen LogP) is 1.73. The molecule has 1 aromatic carbocycles. The Morgan fingerprint density at radius 2 is 2.06 bits per heavy atom. The van der Waals surface area contributed by atoms with E-state index in [-0.39, 0.29) is 5.69 Å². The van der Waals surface area contributed by atoms with Gasteiger partial charge >= 0.3 is 5.82 Å². The van der Waals surface area contributed by atoms with Gasteiger partial charge in [0, 0.05) is 5.56 Å². The molecule has 0 fully saturated rings. The maximum atomic E-state index is 11.3. The fourth-order valence-electron chi connectivity index (χ4n) is 1.54. The summed E-state index contributed by atoms with van der Waals surface area (Å²) in [6, 6.07) is 7.89. The SMILES string of the molecule is Cc1ccc(-c2c[nH+]c(NI)c(C(N)=O)n2)cc1. The Hall–Kier alpha value is -1.70. The van der Waals surface area contributed by atoms with Crippen LogP contribution < -0.4 is 14.2 Å². The number of benzene rings is 1. The van der Waals surface area contributed by atoms with E-state index in [4.69, 9.17) is 5.73 Å². The van der Waals surface area contributed by atoms with Crippen molar-refractivity contribution < 1.29 is 9.78 Å². The molecule has 0 spiro atoms. The van der Waals surface area contributed by atoms with Crippen molar-refractivity contribution >= 4 is 34.6 Å². The average Bonchev–Trinajstić information content (AvgIpc) is 2.39. The van der Waals surface area contributed by atoms with Gasteiger partial charge in [-0.15, -0.1) is 0 Å². The Morgan fingerprint density at radius 1 is 1.39 bits per heavy atom. The molecule has 1 amide bonds. The molecule has 5 nitrogen and oxygen atoms in total. The molecule has 1 aromatic heterocycles. The lowest BCUT2D eigenvalue weighted by Gasteiger charge is -2.03.